The molecule has 0 bridgehead atoms. The second kappa shape index (κ2) is 4.84. The Balaban J connectivity index is 1.55. The molecule has 0 aromatic heterocycles. The smallest absolute Gasteiger partial charge is 0.213 e. The molecule has 1 spiro atoms. The van der Waals surface area contributed by atoms with Crippen LogP contribution in [0.1, 0.15) is 31.8 Å². The normalized spacial score (nSPS) is 22.5. The summed E-state index contributed by atoms with van der Waals surface area (Å²) in [5.41, 5.74) is 2.18. The Kier molecular flexibility index (Phi) is 2.63. The van der Waals surface area contributed by atoms with E-state index in [1.54, 1.807) is 36.6 Å². The van der Waals surface area contributed by atoms with Crippen molar-refractivity contribution >= 4 is 29.4 Å². The zero-order valence-electron chi connectivity index (χ0n) is 14.0. The first-order valence-corrected chi connectivity index (χ1v) is 8.71. The van der Waals surface area contributed by atoms with Crippen molar-refractivity contribution in [1.82, 2.24) is 0 Å². The van der Waals surface area contributed by atoms with Crippen molar-refractivity contribution in [1.29, 1.82) is 0 Å². The first-order valence-electron chi connectivity index (χ1n) is 8.71. The fraction of sp³-hybridized carbons (Fsp3) is 0.0909. The molecule has 0 N–H and O–H groups in total. The van der Waals surface area contributed by atoms with E-state index in [0.29, 0.717) is 11.1 Å². The Labute approximate surface area is 153 Å². The first kappa shape index (κ1) is 14.7. The quantitative estimate of drug-likeness (QED) is 0.677. The minimum atomic E-state index is -1.56. The first-order chi connectivity index (χ1) is 13.2. The Morgan fingerprint density at radius 3 is 2.52 bits per heavy atom. The van der Waals surface area contributed by atoms with Gasteiger partial charge in [-0.3, -0.25) is 9.59 Å². The van der Waals surface area contributed by atoms with E-state index in [0.717, 1.165) is 27.3 Å². The van der Waals surface area contributed by atoms with Crippen LogP contribution in [0.5, 0.6) is 0 Å². The van der Waals surface area contributed by atoms with Gasteiger partial charge < -0.3 is 4.74 Å². The zero-order chi connectivity index (χ0) is 18.2. The lowest BCUT2D eigenvalue weighted by atomic mass is 9.87. The van der Waals surface area contributed by atoms with E-state index in [9.17, 15) is 9.59 Å². The topological polar surface area (TPSA) is 68.1 Å². The Bertz CT molecular complexity index is 1260. The van der Waals surface area contributed by atoms with Crippen LogP contribution in [0, 0.1) is 0 Å². The largest absolute Gasteiger partial charge is 0.342 e. The molecule has 0 radical (unpaired) electrons. The van der Waals surface area contributed by atoms with Gasteiger partial charge >= 0.3 is 0 Å². The molecule has 0 amide bonds. The Hall–Kier alpha value is -3.44. The van der Waals surface area contributed by atoms with Crippen LogP contribution >= 0.6 is 0 Å². The highest BCUT2D eigenvalue weighted by molar-refractivity contribution is 6.33. The summed E-state index contributed by atoms with van der Waals surface area (Å²) in [5.74, 6) is -0.588. The summed E-state index contributed by atoms with van der Waals surface area (Å²) in [6.45, 7) is 0. The number of nitrogens with zero attached hydrogens (tertiary/aromatic N) is 2. The van der Waals surface area contributed by atoms with E-state index in [4.69, 9.17) is 4.74 Å². The van der Waals surface area contributed by atoms with E-state index in [2.05, 4.69) is 10.2 Å². The summed E-state index contributed by atoms with van der Waals surface area (Å²) in [7, 11) is 0. The van der Waals surface area contributed by atoms with E-state index in [1.807, 2.05) is 30.4 Å². The van der Waals surface area contributed by atoms with Gasteiger partial charge in [0.1, 0.15) is 6.10 Å². The van der Waals surface area contributed by atoms with Gasteiger partial charge in [0.2, 0.25) is 17.2 Å². The Morgan fingerprint density at radius 2 is 1.74 bits per heavy atom. The molecular formula is C22H12N2O3. The molecule has 5 heteroatoms. The summed E-state index contributed by atoms with van der Waals surface area (Å²) in [4.78, 5) is 26.0. The van der Waals surface area contributed by atoms with Crippen LogP contribution in [-0.2, 0) is 4.74 Å². The van der Waals surface area contributed by atoms with Gasteiger partial charge in [-0.15, -0.1) is 0 Å². The van der Waals surface area contributed by atoms with Gasteiger partial charge in [0, 0.05) is 16.7 Å². The number of ketones is 2. The molecular weight excluding hydrogens is 340 g/mol. The van der Waals surface area contributed by atoms with Gasteiger partial charge in [0.25, 0.3) is 0 Å². The maximum Gasteiger partial charge on any atom is 0.213 e. The molecule has 2 aliphatic heterocycles. The summed E-state index contributed by atoms with van der Waals surface area (Å²) in [6, 6.07) is 10.9. The van der Waals surface area contributed by atoms with Gasteiger partial charge in [0.15, 0.2) is 0 Å². The molecule has 1 unspecified atom stereocenters. The molecule has 2 aromatic carbocycles. The summed E-state index contributed by atoms with van der Waals surface area (Å²) in [5, 5.41) is 9.90. The number of carbonyl (C=O) groups excluding carboxylic acids is 2. The average molecular weight is 352 g/mol. The summed E-state index contributed by atoms with van der Waals surface area (Å²) in [6.07, 6.45) is 8.55. The molecule has 2 aliphatic carbocycles. The van der Waals surface area contributed by atoms with Crippen molar-refractivity contribution in [2.24, 2.45) is 10.2 Å². The lowest BCUT2D eigenvalue weighted by Gasteiger charge is -2.33. The number of fused-ring (bicyclic) bond motifs is 4. The second-order valence-electron chi connectivity index (χ2n) is 6.97. The van der Waals surface area contributed by atoms with Crippen LogP contribution in [0.2, 0.25) is 0 Å². The van der Waals surface area contributed by atoms with Crippen molar-refractivity contribution in [3.63, 3.8) is 0 Å². The molecule has 27 heavy (non-hydrogen) atoms. The van der Waals surface area contributed by atoms with Gasteiger partial charge in [-0.1, -0.05) is 42.5 Å². The van der Waals surface area contributed by atoms with Gasteiger partial charge in [-0.2, -0.15) is 10.2 Å². The molecule has 128 valence electrons. The van der Waals surface area contributed by atoms with E-state index >= 15 is 0 Å². The summed E-state index contributed by atoms with van der Waals surface area (Å²) >= 11 is 0. The lowest BCUT2D eigenvalue weighted by molar-refractivity contribution is 0.00207. The number of rotatable bonds is 0. The number of carbonyl (C=O) groups is 2. The van der Waals surface area contributed by atoms with E-state index in [1.165, 1.54) is 0 Å². The second-order valence-corrected chi connectivity index (χ2v) is 6.97. The van der Waals surface area contributed by atoms with E-state index < -0.39 is 11.7 Å². The van der Waals surface area contributed by atoms with Crippen molar-refractivity contribution in [3.05, 3.63) is 87.5 Å². The number of hydrogen-bond donors (Lipinski definition) is 0. The maximum atomic E-state index is 13.0. The number of Topliss-reactive ketones (excluding diaryl/α,β-unsaturated/α-hetero) is 2. The van der Waals surface area contributed by atoms with Crippen molar-refractivity contribution in [2.75, 3.05) is 0 Å². The predicted octanol–water partition coefficient (Wildman–Crippen LogP) is 1.60. The van der Waals surface area contributed by atoms with Crippen molar-refractivity contribution < 1.29 is 14.3 Å². The van der Waals surface area contributed by atoms with Gasteiger partial charge in [-0.25, -0.2) is 0 Å². The van der Waals surface area contributed by atoms with Crippen LogP contribution in [0.4, 0.5) is 0 Å². The van der Waals surface area contributed by atoms with Crippen LogP contribution in [0.15, 0.2) is 64.8 Å². The van der Waals surface area contributed by atoms with Gasteiger partial charge in [-0.05, 0) is 34.6 Å². The standard InChI is InChI=1S/C22H12N2O3/c25-20-15-3-1-2-4-16(15)21(26)22(20)8-7-14-17-9-13-11-23-24-18(13)10-12(17)5-6-19(14)27-22/h1-11,19H. The Morgan fingerprint density at radius 1 is 0.963 bits per heavy atom. The molecule has 1 atom stereocenters. The minimum absolute atomic E-state index is 0.294. The highest BCUT2D eigenvalue weighted by atomic mass is 16.5. The van der Waals surface area contributed by atoms with Crippen LogP contribution < -0.4 is 10.6 Å². The monoisotopic (exact) mass is 352 g/mol. The van der Waals surface area contributed by atoms with E-state index in [-0.39, 0.29) is 11.6 Å². The summed E-state index contributed by atoms with van der Waals surface area (Å²) < 4.78 is 6.16. The van der Waals surface area contributed by atoms with Crippen LogP contribution in [0.3, 0.4) is 0 Å². The van der Waals surface area contributed by atoms with Crippen molar-refractivity contribution in [2.45, 2.75) is 11.7 Å². The third kappa shape index (κ3) is 1.76. The predicted molar refractivity (Wildman–Crippen MR) is 99.1 cm³/mol. The SMILES string of the molecule is O=C1c2ccccc2C(=O)C12C=CC1=c3cc4c(cc3C=CC1O2)=NN=C4. The molecule has 4 aliphatic rings. The third-order valence-electron chi connectivity index (χ3n) is 5.53. The molecule has 0 fully saturated rings. The molecule has 5 nitrogen and oxygen atoms in total. The highest BCUT2D eigenvalue weighted by Gasteiger charge is 2.55. The third-order valence-corrected chi connectivity index (χ3v) is 5.53. The molecule has 6 rings (SSSR count). The maximum absolute atomic E-state index is 13.0. The fourth-order valence-corrected chi connectivity index (χ4v) is 4.18. The van der Waals surface area contributed by atoms with Crippen LogP contribution in [0.25, 0.3) is 11.6 Å². The number of hydrogen-bond acceptors (Lipinski definition) is 5. The number of benzene rings is 2. The number of ether oxygens (including phenoxy) is 1. The average Bonchev–Trinajstić information content (AvgIpc) is 3.24. The molecule has 0 saturated carbocycles. The minimum Gasteiger partial charge on any atom is -0.342 e. The lowest BCUT2D eigenvalue weighted by Crippen LogP contribution is -2.48. The molecule has 2 aromatic rings. The molecule has 2 heterocycles. The van der Waals surface area contributed by atoms with Gasteiger partial charge in [0.05, 0.1) is 11.6 Å². The fourth-order valence-electron chi connectivity index (χ4n) is 4.18. The zero-order valence-corrected chi connectivity index (χ0v) is 14.0. The van der Waals surface area contributed by atoms with Crippen LogP contribution in [-0.4, -0.2) is 29.5 Å². The molecule has 0 saturated heterocycles. The van der Waals surface area contributed by atoms with Crippen molar-refractivity contribution in [3.8, 4) is 0 Å². The highest BCUT2D eigenvalue weighted by Crippen LogP contribution is 2.39.